The van der Waals surface area contributed by atoms with Gasteiger partial charge in [-0.2, -0.15) is 4.98 Å². The Labute approximate surface area is 122 Å². The van der Waals surface area contributed by atoms with Crippen molar-refractivity contribution in [2.24, 2.45) is 5.73 Å². The van der Waals surface area contributed by atoms with Crippen molar-refractivity contribution in [1.29, 1.82) is 0 Å². The number of carbonyl (C=O) groups is 1. The van der Waals surface area contributed by atoms with Gasteiger partial charge in [0.2, 0.25) is 11.8 Å². The molecule has 0 bridgehead atoms. The number of aryl methyl sites for hydroxylation is 1. The van der Waals surface area contributed by atoms with Crippen molar-refractivity contribution < 1.29 is 14.1 Å². The molecule has 21 heavy (non-hydrogen) atoms. The molecule has 0 fully saturated rings. The van der Waals surface area contributed by atoms with Crippen LogP contribution in [0.5, 0.6) is 5.75 Å². The third kappa shape index (κ3) is 3.38. The number of hydrogen-bond acceptors (Lipinski definition) is 6. The van der Waals surface area contributed by atoms with Crippen LogP contribution in [0.3, 0.4) is 0 Å². The Balaban J connectivity index is 2.42. The lowest BCUT2D eigenvalue weighted by atomic mass is 10.0. The van der Waals surface area contributed by atoms with E-state index in [-0.39, 0.29) is 5.91 Å². The normalized spacial score (nSPS) is 13.5. The number of rotatable bonds is 5. The highest BCUT2D eigenvalue weighted by Gasteiger charge is 2.25. The number of para-hydroxylation sites is 1. The first-order chi connectivity index (χ1) is 10.0. The lowest BCUT2D eigenvalue weighted by Crippen LogP contribution is -2.41. The number of hydrogen-bond donors (Lipinski definition) is 2. The summed E-state index contributed by atoms with van der Waals surface area (Å²) in [5.41, 5.74) is 6.34. The van der Waals surface area contributed by atoms with E-state index in [1.54, 1.807) is 27.0 Å². The average molecular weight is 290 g/mol. The monoisotopic (exact) mass is 290 g/mol. The molecule has 2 rings (SSSR count). The highest BCUT2D eigenvalue weighted by molar-refractivity contribution is 5.81. The number of nitrogens with two attached hydrogens (primary N) is 1. The summed E-state index contributed by atoms with van der Waals surface area (Å²) in [5.74, 6) is 1.08. The van der Waals surface area contributed by atoms with Gasteiger partial charge in [-0.1, -0.05) is 23.4 Å². The van der Waals surface area contributed by atoms with Gasteiger partial charge in [0, 0.05) is 12.5 Å². The van der Waals surface area contributed by atoms with Crippen molar-refractivity contribution >= 4 is 5.91 Å². The molecule has 1 heterocycles. The summed E-state index contributed by atoms with van der Waals surface area (Å²) < 4.78 is 10.3. The summed E-state index contributed by atoms with van der Waals surface area (Å²) in [6, 6.07) is 6.08. The summed E-state index contributed by atoms with van der Waals surface area (Å²) >= 11 is 0. The molecular weight excluding hydrogens is 272 g/mol. The zero-order valence-corrected chi connectivity index (χ0v) is 12.2. The zero-order chi connectivity index (χ0) is 15.4. The van der Waals surface area contributed by atoms with Crippen LogP contribution in [0.25, 0.3) is 0 Å². The third-order valence-electron chi connectivity index (χ3n) is 2.95. The van der Waals surface area contributed by atoms with Gasteiger partial charge < -0.3 is 20.3 Å². The summed E-state index contributed by atoms with van der Waals surface area (Å²) in [7, 11) is 1.56. The van der Waals surface area contributed by atoms with Crippen molar-refractivity contribution in [2.45, 2.75) is 25.9 Å². The maximum absolute atomic E-state index is 11.9. The minimum Gasteiger partial charge on any atom is -0.496 e. The molecule has 0 radical (unpaired) electrons. The maximum Gasteiger partial charge on any atom is 0.237 e. The van der Waals surface area contributed by atoms with Crippen LogP contribution >= 0.6 is 0 Å². The van der Waals surface area contributed by atoms with Crippen LogP contribution in [0.15, 0.2) is 28.8 Å². The minimum atomic E-state index is -0.643. The number of aromatic nitrogens is 2. The highest BCUT2D eigenvalue weighted by atomic mass is 16.5. The van der Waals surface area contributed by atoms with Crippen LogP contribution in [-0.4, -0.2) is 29.2 Å². The number of carbonyl (C=O) groups excluding carboxylic acids is 1. The Bertz CT molecular complexity index is 624. The molecule has 1 amide bonds. The summed E-state index contributed by atoms with van der Waals surface area (Å²) in [6.07, 6.45) is 0. The van der Waals surface area contributed by atoms with Crippen LogP contribution in [0, 0.1) is 6.92 Å². The largest absolute Gasteiger partial charge is 0.496 e. The van der Waals surface area contributed by atoms with Gasteiger partial charge in [-0.25, -0.2) is 0 Å². The Morgan fingerprint density at radius 2 is 2.14 bits per heavy atom. The summed E-state index contributed by atoms with van der Waals surface area (Å²) in [6.45, 7) is 3.29. The summed E-state index contributed by atoms with van der Waals surface area (Å²) in [4.78, 5) is 16.1. The lowest BCUT2D eigenvalue weighted by molar-refractivity contribution is -0.122. The van der Waals surface area contributed by atoms with E-state index in [0.717, 1.165) is 5.56 Å². The molecule has 0 saturated heterocycles. The van der Waals surface area contributed by atoms with E-state index < -0.39 is 12.1 Å². The number of methoxy groups -OCH3 is 1. The molecule has 7 nitrogen and oxygen atoms in total. The standard InChI is InChI=1S/C14H18N4O3/c1-8(15)14(19)17-12(13-16-9(2)21-18-13)10-6-4-5-7-11(10)20-3/h4-8,12H,15H2,1-3H3,(H,17,19)/t8-,12?/m1/s1. The Kier molecular flexibility index (Phi) is 4.54. The van der Waals surface area contributed by atoms with E-state index in [1.165, 1.54) is 0 Å². The fraction of sp³-hybridized carbons (Fsp3) is 0.357. The van der Waals surface area contributed by atoms with Crippen molar-refractivity contribution in [3.8, 4) is 5.75 Å². The first-order valence-corrected chi connectivity index (χ1v) is 6.52. The molecule has 1 aromatic carbocycles. The zero-order valence-electron chi connectivity index (χ0n) is 12.2. The number of amides is 1. The fourth-order valence-electron chi connectivity index (χ4n) is 1.89. The number of benzene rings is 1. The van der Waals surface area contributed by atoms with Crippen molar-refractivity contribution in [3.63, 3.8) is 0 Å². The molecule has 1 unspecified atom stereocenters. The molecule has 0 spiro atoms. The second-order valence-electron chi connectivity index (χ2n) is 4.64. The smallest absolute Gasteiger partial charge is 0.237 e. The Morgan fingerprint density at radius 3 is 2.71 bits per heavy atom. The van der Waals surface area contributed by atoms with Crippen LogP contribution < -0.4 is 15.8 Å². The Morgan fingerprint density at radius 1 is 1.43 bits per heavy atom. The SMILES string of the molecule is COc1ccccc1C(NC(=O)[C@@H](C)N)c1noc(C)n1. The van der Waals surface area contributed by atoms with Crippen molar-refractivity contribution in [1.82, 2.24) is 15.5 Å². The quantitative estimate of drug-likeness (QED) is 0.849. The molecular formula is C14H18N4O3. The van der Waals surface area contributed by atoms with Gasteiger partial charge in [-0.15, -0.1) is 0 Å². The average Bonchev–Trinajstić information content (AvgIpc) is 2.90. The van der Waals surface area contributed by atoms with E-state index in [1.807, 2.05) is 18.2 Å². The lowest BCUT2D eigenvalue weighted by Gasteiger charge is -2.19. The molecule has 2 atom stereocenters. The van der Waals surface area contributed by atoms with Gasteiger partial charge in [0.05, 0.1) is 13.2 Å². The second-order valence-corrected chi connectivity index (χ2v) is 4.64. The van der Waals surface area contributed by atoms with E-state index in [4.69, 9.17) is 15.0 Å². The van der Waals surface area contributed by atoms with Crippen molar-refractivity contribution in [3.05, 3.63) is 41.5 Å². The van der Waals surface area contributed by atoms with Gasteiger partial charge >= 0.3 is 0 Å². The predicted octanol–water partition coefficient (Wildman–Crippen LogP) is 0.939. The molecule has 0 saturated carbocycles. The first-order valence-electron chi connectivity index (χ1n) is 6.52. The third-order valence-corrected chi connectivity index (χ3v) is 2.95. The molecule has 112 valence electrons. The van der Waals surface area contributed by atoms with Crippen molar-refractivity contribution in [2.75, 3.05) is 7.11 Å². The van der Waals surface area contributed by atoms with E-state index >= 15 is 0 Å². The molecule has 3 N–H and O–H groups in total. The van der Waals surface area contributed by atoms with Gasteiger partial charge in [0.1, 0.15) is 11.8 Å². The van der Waals surface area contributed by atoms with E-state index in [0.29, 0.717) is 17.5 Å². The number of nitrogens with one attached hydrogen (secondary N) is 1. The first kappa shape index (κ1) is 15.0. The van der Waals surface area contributed by atoms with Gasteiger partial charge in [-0.05, 0) is 13.0 Å². The highest BCUT2D eigenvalue weighted by Crippen LogP contribution is 2.28. The molecule has 0 aliphatic carbocycles. The maximum atomic E-state index is 11.9. The van der Waals surface area contributed by atoms with Crippen LogP contribution in [0.2, 0.25) is 0 Å². The Hall–Kier alpha value is -2.41. The number of nitrogens with zero attached hydrogens (tertiary/aromatic N) is 2. The second kappa shape index (κ2) is 6.36. The van der Waals surface area contributed by atoms with Crippen LogP contribution in [0.4, 0.5) is 0 Å². The summed E-state index contributed by atoms with van der Waals surface area (Å²) in [5, 5.41) is 6.69. The van der Waals surface area contributed by atoms with E-state index in [2.05, 4.69) is 15.5 Å². The van der Waals surface area contributed by atoms with Gasteiger partial charge in [0.25, 0.3) is 0 Å². The van der Waals surface area contributed by atoms with E-state index in [9.17, 15) is 4.79 Å². The topological polar surface area (TPSA) is 103 Å². The molecule has 0 aliphatic rings. The molecule has 2 aromatic rings. The van der Waals surface area contributed by atoms with Crippen LogP contribution in [0.1, 0.15) is 30.2 Å². The fourth-order valence-corrected chi connectivity index (χ4v) is 1.89. The minimum absolute atomic E-state index is 0.312. The van der Waals surface area contributed by atoms with Gasteiger partial charge in [-0.3, -0.25) is 4.79 Å². The molecule has 7 heteroatoms. The number of ether oxygens (including phenoxy) is 1. The van der Waals surface area contributed by atoms with Gasteiger partial charge in [0.15, 0.2) is 5.82 Å². The van der Waals surface area contributed by atoms with Crippen LogP contribution in [-0.2, 0) is 4.79 Å². The molecule has 1 aromatic heterocycles. The predicted molar refractivity (Wildman–Crippen MR) is 75.7 cm³/mol. The molecule has 0 aliphatic heterocycles.